The highest BCUT2D eigenvalue weighted by Gasteiger charge is 2.18. The van der Waals surface area contributed by atoms with E-state index < -0.39 is 0 Å². The third-order valence-electron chi connectivity index (χ3n) is 1.70. The molecule has 0 saturated carbocycles. The van der Waals surface area contributed by atoms with Crippen molar-refractivity contribution in [2.24, 2.45) is 0 Å². The van der Waals surface area contributed by atoms with Crippen molar-refractivity contribution < 1.29 is 0 Å². The molecule has 0 aliphatic carbocycles. The van der Waals surface area contributed by atoms with Gasteiger partial charge < -0.3 is 0 Å². The molecule has 9 heavy (non-hydrogen) atoms. The Hall–Kier alpha value is 0.130. The van der Waals surface area contributed by atoms with E-state index in [0.29, 0.717) is 5.31 Å². The SMILES string of the molecule is CCC(C)(C)[B]B(C)C. The Bertz CT molecular complexity index is 77.0. The average Bonchev–Trinajstić information content (AvgIpc) is 1.63. The second-order valence-corrected chi connectivity index (χ2v) is 3.75. The van der Waals surface area contributed by atoms with Crippen molar-refractivity contribution in [2.45, 2.75) is 46.2 Å². The van der Waals surface area contributed by atoms with E-state index in [-0.39, 0.29) is 0 Å². The fourth-order valence-corrected chi connectivity index (χ4v) is 1.02. The molecule has 0 N–H and O–H groups in total. The Morgan fingerprint density at radius 1 is 1.33 bits per heavy atom. The fourth-order valence-electron chi connectivity index (χ4n) is 1.02. The van der Waals surface area contributed by atoms with Crippen LogP contribution in [0.2, 0.25) is 19.0 Å². The first-order valence-corrected chi connectivity index (χ1v) is 3.84. The Balaban J connectivity index is 3.58. The van der Waals surface area contributed by atoms with Crippen LogP contribution in [0.25, 0.3) is 0 Å². The molecule has 0 aliphatic rings. The second kappa shape index (κ2) is 3.34. The molecule has 2 heteroatoms. The van der Waals surface area contributed by atoms with Crippen molar-refractivity contribution >= 4 is 13.8 Å². The molecule has 0 aromatic heterocycles. The maximum atomic E-state index is 2.41. The molecule has 0 atom stereocenters. The molecule has 0 aromatic carbocycles. The van der Waals surface area contributed by atoms with E-state index >= 15 is 0 Å². The molecule has 0 bridgehead atoms. The molecule has 51 valence electrons. The average molecular weight is 123 g/mol. The first-order valence-electron chi connectivity index (χ1n) is 3.84. The van der Waals surface area contributed by atoms with Crippen LogP contribution in [0.3, 0.4) is 0 Å². The zero-order valence-electron chi connectivity index (χ0n) is 7.36. The van der Waals surface area contributed by atoms with Gasteiger partial charge in [-0.15, -0.1) is 0 Å². The van der Waals surface area contributed by atoms with E-state index in [1.54, 1.807) is 0 Å². The predicted molar refractivity (Wildman–Crippen MR) is 47.6 cm³/mol. The van der Waals surface area contributed by atoms with E-state index in [9.17, 15) is 0 Å². The van der Waals surface area contributed by atoms with Crippen molar-refractivity contribution in [2.75, 3.05) is 0 Å². The number of hydrogen-bond donors (Lipinski definition) is 0. The lowest BCUT2D eigenvalue weighted by atomic mass is 9.17. The van der Waals surface area contributed by atoms with Gasteiger partial charge in [0.2, 0.25) is 0 Å². The third-order valence-corrected chi connectivity index (χ3v) is 1.70. The lowest BCUT2D eigenvalue weighted by Crippen LogP contribution is -2.24. The molecule has 0 saturated heterocycles. The van der Waals surface area contributed by atoms with Gasteiger partial charge in [0.15, 0.2) is 0 Å². The van der Waals surface area contributed by atoms with Crippen LogP contribution >= 0.6 is 0 Å². The van der Waals surface area contributed by atoms with Crippen LogP contribution in [-0.2, 0) is 0 Å². The Morgan fingerprint density at radius 2 is 1.78 bits per heavy atom. The summed E-state index contributed by atoms with van der Waals surface area (Å²) in [5.41, 5.74) is 0. The van der Waals surface area contributed by atoms with Gasteiger partial charge in [-0.05, 0) is 0 Å². The minimum atomic E-state index is 0.439. The molecule has 0 fully saturated rings. The second-order valence-electron chi connectivity index (χ2n) is 3.75. The maximum Gasteiger partial charge on any atom is 0.0943 e. The molecule has 0 spiro atoms. The molecular weight excluding hydrogens is 106 g/mol. The summed E-state index contributed by atoms with van der Waals surface area (Å²) in [5, 5.41) is 0.439. The standard InChI is InChI=1S/C7H17B2/c1-6-7(2,3)8-9(4)5/h6H2,1-5H3. The number of hydrogen-bond acceptors (Lipinski definition) is 0. The zero-order chi connectivity index (χ0) is 7.49. The summed E-state index contributed by atoms with van der Waals surface area (Å²) in [6.45, 7) is 12.0. The quantitative estimate of drug-likeness (QED) is 0.505. The van der Waals surface area contributed by atoms with Gasteiger partial charge in [0.25, 0.3) is 0 Å². The number of rotatable bonds is 3. The lowest BCUT2D eigenvalue weighted by Gasteiger charge is -2.22. The van der Waals surface area contributed by atoms with E-state index in [2.05, 4.69) is 41.6 Å². The van der Waals surface area contributed by atoms with Gasteiger partial charge in [0.05, 0.1) is 13.8 Å². The van der Waals surface area contributed by atoms with Crippen LogP contribution in [0.15, 0.2) is 0 Å². The lowest BCUT2D eigenvalue weighted by molar-refractivity contribution is 0.650. The smallest absolute Gasteiger partial charge is 0.0929 e. The van der Waals surface area contributed by atoms with Crippen molar-refractivity contribution in [3.05, 3.63) is 0 Å². The van der Waals surface area contributed by atoms with Crippen molar-refractivity contribution in [3.63, 3.8) is 0 Å². The molecule has 1 radical (unpaired) electrons. The summed E-state index contributed by atoms with van der Waals surface area (Å²) in [5.74, 6) is 0. The Labute approximate surface area is 60.7 Å². The van der Waals surface area contributed by atoms with Crippen LogP contribution in [-0.4, -0.2) is 13.8 Å². The van der Waals surface area contributed by atoms with Crippen LogP contribution in [0.5, 0.6) is 0 Å². The monoisotopic (exact) mass is 123 g/mol. The van der Waals surface area contributed by atoms with Crippen LogP contribution in [0.4, 0.5) is 0 Å². The van der Waals surface area contributed by atoms with E-state index in [1.807, 2.05) is 0 Å². The first-order chi connectivity index (χ1) is 3.98. The normalized spacial score (nSPS) is 11.2. The predicted octanol–water partition coefficient (Wildman–Crippen LogP) is 2.55. The largest absolute Gasteiger partial charge is 0.0943 e. The summed E-state index contributed by atoms with van der Waals surface area (Å²) in [6.07, 6.45) is 1.24. The van der Waals surface area contributed by atoms with E-state index in [0.717, 1.165) is 6.60 Å². The molecule has 0 amide bonds. The van der Waals surface area contributed by atoms with Gasteiger partial charge in [-0.1, -0.05) is 46.2 Å². The van der Waals surface area contributed by atoms with E-state index in [4.69, 9.17) is 0 Å². The molecular formula is C7H17B2. The summed E-state index contributed by atoms with van der Waals surface area (Å²) < 4.78 is 0. The van der Waals surface area contributed by atoms with Gasteiger partial charge >= 0.3 is 0 Å². The first kappa shape index (κ1) is 9.13. The minimum Gasteiger partial charge on any atom is -0.0929 e. The summed E-state index contributed by atoms with van der Waals surface area (Å²) in [4.78, 5) is 0. The Kier molecular flexibility index (Phi) is 3.38. The maximum absolute atomic E-state index is 2.41. The molecule has 0 unspecified atom stereocenters. The van der Waals surface area contributed by atoms with Crippen LogP contribution < -0.4 is 0 Å². The van der Waals surface area contributed by atoms with Gasteiger partial charge in [-0.25, -0.2) is 0 Å². The topological polar surface area (TPSA) is 0 Å². The highest BCUT2D eigenvalue weighted by molar-refractivity contribution is 7.12. The van der Waals surface area contributed by atoms with Crippen molar-refractivity contribution in [3.8, 4) is 0 Å². The summed E-state index contributed by atoms with van der Waals surface area (Å²) in [7, 11) is 2.41. The van der Waals surface area contributed by atoms with Gasteiger partial charge in [-0.3, -0.25) is 0 Å². The third kappa shape index (κ3) is 4.62. The molecule has 0 rings (SSSR count). The Morgan fingerprint density at radius 3 is 1.89 bits per heavy atom. The summed E-state index contributed by atoms with van der Waals surface area (Å²) in [6, 6.07) is 0. The zero-order valence-corrected chi connectivity index (χ0v) is 7.36. The van der Waals surface area contributed by atoms with Crippen LogP contribution in [0, 0.1) is 0 Å². The van der Waals surface area contributed by atoms with Crippen LogP contribution in [0.1, 0.15) is 27.2 Å². The summed E-state index contributed by atoms with van der Waals surface area (Å²) >= 11 is 0. The molecule has 0 nitrogen and oxygen atoms in total. The van der Waals surface area contributed by atoms with Gasteiger partial charge in [0, 0.05) is 0 Å². The highest BCUT2D eigenvalue weighted by atomic mass is 14.0. The van der Waals surface area contributed by atoms with Crippen molar-refractivity contribution in [1.82, 2.24) is 0 Å². The fraction of sp³-hybridized carbons (Fsp3) is 1.00. The van der Waals surface area contributed by atoms with Gasteiger partial charge in [0.1, 0.15) is 0 Å². The molecule has 0 aliphatic heterocycles. The molecule has 0 aromatic rings. The van der Waals surface area contributed by atoms with Gasteiger partial charge in [-0.2, -0.15) is 0 Å². The van der Waals surface area contributed by atoms with Crippen molar-refractivity contribution in [1.29, 1.82) is 0 Å². The molecule has 0 heterocycles. The minimum absolute atomic E-state index is 0.439. The highest BCUT2D eigenvalue weighted by Crippen LogP contribution is 2.26. The van der Waals surface area contributed by atoms with E-state index in [1.165, 1.54) is 6.42 Å².